The van der Waals surface area contributed by atoms with Crippen LogP contribution < -0.4 is 26.2 Å². The highest BCUT2D eigenvalue weighted by atomic mass is 15.2. The minimum Gasteiger partial charge on any atom is -0.311 e. The van der Waals surface area contributed by atoms with E-state index in [2.05, 4.69) is 351 Å². The maximum Gasteiger partial charge on any atom is 0.252 e. The maximum atomic E-state index is 6.01. The van der Waals surface area contributed by atoms with Gasteiger partial charge in [-0.3, -0.25) is 0 Å². The lowest BCUT2D eigenvalue weighted by molar-refractivity contribution is 0.795. The van der Waals surface area contributed by atoms with Crippen molar-refractivity contribution in [2.45, 2.75) is 52.4 Å². The third-order valence-corrected chi connectivity index (χ3v) is 19.3. The SMILES string of the molecule is CCCCc1ccc2c(c1)B1c3cc(CCCC)ccc3N(c3ccc(-c4ccccc4)cc3)c3cc(-c4cc(-c5cc(-c6ccccc6)cc(-c6ccccc6)c5)cc(-c5cc(-c6ccccc6)cc(-c6ccccc6)c5)n4)cc(c31)N2c1ccc(-c2ccccc2)cc1. The molecule has 2 aliphatic heterocycles. The molecule has 4 heteroatoms. The van der Waals surface area contributed by atoms with Crippen LogP contribution in [-0.4, -0.2) is 11.7 Å². The van der Waals surface area contributed by atoms with Gasteiger partial charge in [0.15, 0.2) is 0 Å². The smallest absolute Gasteiger partial charge is 0.252 e. The molecule has 13 aromatic carbocycles. The summed E-state index contributed by atoms with van der Waals surface area (Å²) in [7, 11) is 0. The van der Waals surface area contributed by atoms with E-state index in [-0.39, 0.29) is 6.71 Å². The number of anilines is 6. The van der Waals surface area contributed by atoms with Crippen molar-refractivity contribution in [1.82, 2.24) is 4.98 Å². The van der Waals surface area contributed by atoms with E-state index in [1.807, 2.05) is 0 Å². The first kappa shape index (κ1) is 58.7. The Balaban J connectivity index is 0.994. The molecule has 0 spiro atoms. The van der Waals surface area contributed by atoms with Crippen LogP contribution in [0.1, 0.15) is 50.7 Å². The molecular weight excluding hydrogens is 1150 g/mol. The molecule has 95 heavy (non-hydrogen) atoms. The number of aromatic nitrogens is 1. The van der Waals surface area contributed by atoms with Gasteiger partial charge in [0.1, 0.15) is 0 Å². The van der Waals surface area contributed by atoms with Crippen LogP contribution in [0.25, 0.3) is 100 Å². The summed E-state index contributed by atoms with van der Waals surface area (Å²) in [6.07, 6.45) is 6.58. The molecule has 2 aliphatic rings. The summed E-state index contributed by atoms with van der Waals surface area (Å²) >= 11 is 0. The predicted octanol–water partition coefficient (Wildman–Crippen LogP) is 22.9. The van der Waals surface area contributed by atoms with Crippen molar-refractivity contribution in [3.8, 4) is 100 Å². The van der Waals surface area contributed by atoms with Gasteiger partial charge in [-0.25, -0.2) is 4.98 Å². The van der Waals surface area contributed by atoms with Crippen LogP contribution in [0.2, 0.25) is 0 Å². The van der Waals surface area contributed by atoms with Crippen molar-refractivity contribution in [3.05, 3.63) is 339 Å². The van der Waals surface area contributed by atoms with Gasteiger partial charge in [-0.1, -0.05) is 257 Å². The molecule has 0 unspecified atom stereocenters. The van der Waals surface area contributed by atoms with Crippen molar-refractivity contribution < 1.29 is 0 Å². The number of nitrogens with zero attached hydrogens (tertiary/aromatic N) is 3. The standard InChI is InChI=1S/C91H72BN3/c1-3-5-25-63-39-49-87-83(51-63)92-84-52-64(26-6-4-2)40-50-88(84)95(82-47-43-72(44-48-82)66-29-15-8-16-30-66)90-62-80(61-89(91(90)92)94(87)81-45-41-71(42-46-81)65-27-13-7-14-28-65)86-60-78(77-55-73(67-31-17-9-18-32-67)53-74(56-77)68-33-19-10-20-34-68)59-85(93-86)79-57-75(69-35-21-11-22-36-69)54-76(58-79)70-37-23-12-24-38-70/h7-24,27-62H,3-6,25-26H2,1-2H3. The quantitative estimate of drug-likeness (QED) is 0.0847. The summed E-state index contributed by atoms with van der Waals surface area (Å²) in [6, 6.07) is 122. The molecule has 0 saturated carbocycles. The van der Waals surface area contributed by atoms with E-state index in [9.17, 15) is 0 Å². The molecule has 0 aliphatic carbocycles. The van der Waals surface area contributed by atoms with E-state index in [0.29, 0.717) is 0 Å². The summed E-state index contributed by atoms with van der Waals surface area (Å²) in [5.74, 6) is 0. The molecule has 0 saturated heterocycles. The van der Waals surface area contributed by atoms with Crippen LogP contribution in [0.5, 0.6) is 0 Å². The van der Waals surface area contributed by atoms with Crippen molar-refractivity contribution in [2.24, 2.45) is 0 Å². The fraction of sp³-hybridized carbons (Fsp3) is 0.0879. The van der Waals surface area contributed by atoms with Gasteiger partial charge >= 0.3 is 0 Å². The van der Waals surface area contributed by atoms with E-state index in [1.165, 1.54) is 61.1 Å². The van der Waals surface area contributed by atoms with E-state index in [1.54, 1.807) is 0 Å². The fourth-order valence-corrected chi connectivity index (χ4v) is 14.5. The number of benzene rings is 13. The zero-order valence-corrected chi connectivity index (χ0v) is 53.8. The van der Waals surface area contributed by atoms with E-state index >= 15 is 0 Å². The van der Waals surface area contributed by atoms with Crippen LogP contribution in [0, 0.1) is 0 Å². The second-order valence-electron chi connectivity index (χ2n) is 25.5. The Bertz CT molecular complexity index is 4630. The van der Waals surface area contributed by atoms with Crippen molar-refractivity contribution in [2.75, 3.05) is 9.80 Å². The average Bonchev–Trinajstić information content (AvgIpc) is 0.697. The molecule has 0 fully saturated rings. The summed E-state index contributed by atoms with van der Waals surface area (Å²) in [5.41, 5.74) is 33.6. The first-order chi connectivity index (χ1) is 47.0. The number of unbranched alkanes of at least 4 members (excludes halogenated alkanes) is 2. The molecule has 0 bridgehead atoms. The highest BCUT2D eigenvalue weighted by molar-refractivity contribution is 7.00. The molecule has 0 N–H and O–H groups in total. The number of fused-ring (bicyclic) bond motifs is 4. The largest absolute Gasteiger partial charge is 0.311 e. The lowest BCUT2D eigenvalue weighted by Crippen LogP contribution is -2.61. The number of aryl methyl sites for hydroxylation is 2. The molecule has 14 aromatic rings. The minimum atomic E-state index is -0.0639. The third-order valence-electron chi connectivity index (χ3n) is 19.3. The number of hydrogen-bond donors (Lipinski definition) is 0. The van der Waals surface area contributed by atoms with Crippen LogP contribution in [-0.2, 0) is 12.8 Å². The Morgan fingerprint density at radius 3 is 0.874 bits per heavy atom. The zero-order chi connectivity index (χ0) is 63.6. The normalized spacial score (nSPS) is 12.1. The van der Waals surface area contributed by atoms with Crippen LogP contribution in [0.15, 0.2) is 328 Å². The lowest BCUT2D eigenvalue weighted by Gasteiger charge is -2.44. The van der Waals surface area contributed by atoms with Crippen LogP contribution in [0.3, 0.4) is 0 Å². The second-order valence-corrected chi connectivity index (χ2v) is 25.5. The van der Waals surface area contributed by atoms with Gasteiger partial charge in [-0.15, -0.1) is 0 Å². The van der Waals surface area contributed by atoms with Crippen molar-refractivity contribution in [3.63, 3.8) is 0 Å². The minimum absolute atomic E-state index is 0.0639. The van der Waals surface area contributed by atoms with Crippen LogP contribution in [0.4, 0.5) is 34.1 Å². The molecule has 3 heterocycles. The first-order valence-corrected chi connectivity index (χ1v) is 33.9. The van der Waals surface area contributed by atoms with Gasteiger partial charge in [0, 0.05) is 45.3 Å². The van der Waals surface area contributed by atoms with E-state index in [4.69, 9.17) is 4.98 Å². The third kappa shape index (κ3) is 11.7. The number of rotatable bonds is 17. The highest BCUT2D eigenvalue weighted by Gasteiger charge is 2.44. The molecule has 0 atom stereocenters. The molecule has 16 rings (SSSR count). The maximum absolute atomic E-state index is 6.01. The van der Waals surface area contributed by atoms with Gasteiger partial charge in [0.05, 0.1) is 11.4 Å². The van der Waals surface area contributed by atoms with Gasteiger partial charge in [-0.05, 0) is 228 Å². The second kappa shape index (κ2) is 26.0. The van der Waals surface area contributed by atoms with Gasteiger partial charge in [0.2, 0.25) is 0 Å². The molecule has 454 valence electrons. The van der Waals surface area contributed by atoms with Crippen LogP contribution >= 0.6 is 0 Å². The summed E-state index contributed by atoms with van der Waals surface area (Å²) in [6.45, 7) is 4.54. The Hall–Kier alpha value is -11.3. The molecule has 0 amide bonds. The first-order valence-electron chi connectivity index (χ1n) is 33.9. The average molecular weight is 1220 g/mol. The summed E-state index contributed by atoms with van der Waals surface area (Å²) < 4.78 is 0. The van der Waals surface area contributed by atoms with Crippen molar-refractivity contribution in [1.29, 1.82) is 0 Å². The Morgan fingerprint density at radius 2 is 0.537 bits per heavy atom. The molecule has 0 radical (unpaired) electrons. The molecular formula is C91H72BN3. The van der Waals surface area contributed by atoms with Crippen molar-refractivity contribution >= 4 is 57.2 Å². The Kier molecular flexibility index (Phi) is 16.1. The van der Waals surface area contributed by atoms with E-state index < -0.39 is 0 Å². The topological polar surface area (TPSA) is 19.4 Å². The summed E-state index contributed by atoms with van der Waals surface area (Å²) in [5, 5.41) is 0. The number of pyridine rings is 1. The fourth-order valence-electron chi connectivity index (χ4n) is 14.5. The Morgan fingerprint density at radius 1 is 0.253 bits per heavy atom. The van der Waals surface area contributed by atoms with Gasteiger partial charge in [-0.2, -0.15) is 0 Å². The van der Waals surface area contributed by atoms with Gasteiger partial charge in [0.25, 0.3) is 6.71 Å². The molecule has 1 aromatic heterocycles. The zero-order valence-electron chi connectivity index (χ0n) is 53.8. The van der Waals surface area contributed by atoms with E-state index in [0.717, 1.165) is 139 Å². The Labute approximate surface area is 560 Å². The predicted molar refractivity (Wildman–Crippen MR) is 404 cm³/mol. The lowest BCUT2D eigenvalue weighted by atomic mass is 9.33. The molecule has 3 nitrogen and oxygen atoms in total. The summed E-state index contributed by atoms with van der Waals surface area (Å²) in [4.78, 5) is 11.2. The monoisotopic (exact) mass is 1220 g/mol. The highest BCUT2D eigenvalue weighted by Crippen LogP contribution is 2.48. The number of hydrogen-bond acceptors (Lipinski definition) is 3. The van der Waals surface area contributed by atoms with Gasteiger partial charge < -0.3 is 9.80 Å².